The van der Waals surface area contributed by atoms with Crippen LogP contribution in [0, 0.1) is 23.2 Å². The lowest BCUT2D eigenvalue weighted by molar-refractivity contribution is 0.231. The number of nitriles is 1. The molecule has 2 unspecified atom stereocenters. The van der Waals surface area contributed by atoms with Gasteiger partial charge >= 0.3 is 0 Å². The van der Waals surface area contributed by atoms with Gasteiger partial charge in [0.05, 0.1) is 43.8 Å². The highest BCUT2D eigenvalue weighted by Crippen LogP contribution is 2.34. The summed E-state index contributed by atoms with van der Waals surface area (Å²) in [6.45, 7) is 21.9. The van der Waals surface area contributed by atoms with Gasteiger partial charge in [-0.15, -0.1) is 0 Å². The summed E-state index contributed by atoms with van der Waals surface area (Å²) in [4.78, 5) is 10.2. The lowest BCUT2D eigenvalue weighted by Crippen LogP contribution is -2.16. The molecule has 0 amide bonds. The van der Waals surface area contributed by atoms with Crippen molar-refractivity contribution < 1.29 is 24.1 Å². The van der Waals surface area contributed by atoms with Crippen molar-refractivity contribution in [3.8, 4) is 34.8 Å². The van der Waals surface area contributed by atoms with Gasteiger partial charge in [0.25, 0.3) is 0 Å². The maximum Gasteiger partial charge on any atom is 0.163 e. The van der Waals surface area contributed by atoms with Gasteiger partial charge in [-0.1, -0.05) is 166 Å². The van der Waals surface area contributed by atoms with Crippen molar-refractivity contribution in [1.82, 2.24) is 5.32 Å². The molecule has 0 fully saturated rings. The first-order valence-corrected chi connectivity index (χ1v) is 27.1. The average molecular weight is 999 g/mol. The molecule has 0 heterocycles. The Morgan fingerprint density at radius 3 is 1.70 bits per heavy atom. The van der Waals surface area contributed by atoms with E-state index in [-0.39, 0.29) is 5.75 Å². The predicted octanol–water partition coefficient (Wildman–Crippen LogP) is 16.4. The van der Waals surface area contributed by atoms with Crippen LogP contribution in [-0.4, -0.2) is 50.1 Å². The van der Waals surface area contributed by atoms with Gasteiger partial charge in [0.1, 0.15) is 34.8 Å². The first-order chi connectivity index (χ1) is 36.1. The van der Waals surface area contributed by atoms with Gasteiger partial charge in [0.2, 0.25) is 0 Å². The minimum atomic E-state index is 0.0325. The van der Waals surface area contributed by atoms with E-state index in [0.717, 1.165) is 123 Å². The maximum atomic E-state index is 11.4. The molecule has 0 bridgehead atoms. The van der Waals surface area contributed by atoms with Crippen molar-refractivity contribution in [2.45, 2.75) is 125 Å². The van der Waals surface area contributed by atoms with E-state index < -0.39 is 0 Å². The van der Waals surface area contributed by atoms with Crippen LogP contribution in [0.1, 0.15) is 152 Å². The summed E-state index contributed by atoms with van der Waals surface area (Å²) in [6, 6.07) is 41.5. The molecule has 0 radical (unpaired) electrons. The van der Waals surface area contributed by atoms with Crippen molar-refractivity contribution in [2.24, 2.45) is 21.8 Å². The quantitative estimate of drug-likeness (QED) is 0.0141. The third kappa shape index (κ3) is 18.5. The van der Waals surface area contributed by atoms with E-state index in [1.807, 2.05) is 122 Å². The molecular weight excluding hydrogens is 917 g/mol. The molecular formula is C65H82N4O5. The highest BCUT2D eigenvalue weighted by Gasteiger charge is 2.19. The zero-order valence-corrected chi connectivity index (χ0v) is 45.3. The summed E-state index contributed by atoms with van der Waals surface area (Å²) >= 11 is 0. The van der Waals surface area contributed by atoms with E-state index in [1.165, 1.54) is 12.8 Å². The topological polar surface area (TPSA) is 118 Å². The van der Waals surface area contributed by atoms with Crippen LogP contribution in [0.15, 0.2) is 156 Å². The molecule has 5 rings (SSSR count). The molecule has 2 N–H and O–H groups in total. The predicted molar refractivity (Wildman–Crippen MR) is 308 cm³/mol. The maximum absolute atomic E-state index is 11.4. The van der Waals surface area contributed by atoms with Gasteiger partial charge in [0.15, 0.2) is 5.84 Å². The second-order valence-corrected chi connectivity index (χ2v) is 19.1. The molecule has 0 saturated heterocycles. The van der Waals surface area contributed by atoms with Crippen LogP contribution in [0.5, 0.6) is 28.7 Å². The van der Waals surface area contributed by atoms with Crippen molar-refractivity contribution in [2.75, 3.05) is 33.5 Å². The van der Waals surface area contributed by atoms with Gasteiger partial charge in [-0.2, -0.15) is 5.26 Å². The Morgan fingerprint density at radius 1 is 0.622 bits per heavy atom. The molecule has 0 aliphatic carbocycles. The fraction of sp³-hybridized carbons (Fsp3) is 0.400. The Hall–Kier alpha value is -7.05. The largest absolute Gasteiger partial charge is 0.507 e. The Bertz CT molecular complexity index is 2590. The number of nitrogens with one attached hydrogen (secondary N) is 1. The van der Waals surface area contributed by atoms with Crippen LogP contribution < -0.4 is 24.3 Å². The van der Waals surface area contributed by atoms with Crippen LogP contribution in [0.4, 0.5) is 0 Å². The number of phenols is 1. The number of aliphatic imine (C=N–C) groups is 2. The average Bonchev–Trinajstić information content (AvgIpc) is 3.43. The number of amidine groups is 1. The molecule has 9 heteroatoms. The number of rotatable bonds is 33. The summed E-state index contributed by atoms with van der Waals surface area (Å²) in [5.41, 5.74) is 7.19. The first-order valence-electron chi connectivity index (χ1n) is 27.1. The number of nitrogens with zero attached hydrogens (tertiary/aromatic N) is 3. The monoisotopic (exact) mass is 999 g/mol. The molecule has 392 valence electrons. The van der Waals surface area contributed by atoms with Crippen molar-refractivity contribution in [3.05, 3.63) is 174 Å². The van der Waals surface area contributed by atoms with E-state index in [2.05, 4.69) is 52.2 Å². The Kier molecular flexibility index (Phi) is 25.2. The Balaban J connectivity index is 1.30. The number of unbranched alkanes of at least 4 members (excludes halogenated alkanes) is 7. The van der Waals surface area contributed by atoms with E-state index in [4.69, 9.17) is 28.9 Å². The van der Waals surface area contributed by atoms with Crippen molar-refractivity contribution in [1.29, 1.82) is 5.26 Å². The zero-order valence-electron chi connectivity index (χ0n) is 45.3. The fourth-order valence-electron chi connectivity index (χ4n) is 8.74. The standard InChI is InChI=1S/C65H82N4O5/c1-9-13-27-51(11-3)46-73-57-37-39-59(62(70)43-57)50(7)69-65(68-48(5)53-33-35-56(71-8)36-34-53)60-40-38-58(74-47-52(12-4)28-14-10-2)44-63(60)72-42-26-18-16-15-17-25-41-67-49(6)61(45-66)64(54-29-21-19-22-30-54)55-31-23-20-24-32-55/h19-24,29-40,43-44,51-52,67,70H,6-7,9-18,25-28,41-42,46-47H2,1-5,8H3. The number of phenolic OH excluding ortho intramolecular Hbond substituents is 1. The second kappa shape index (κ2) is 32.2. The summed E-state index contributed by atoms with van der Waals surface area (Å²) in [5.74, 6) is 4.05. The molecule has 0 aliphatic rings. The van der Waals surface area contributed by atoms with Crippen LogP contribution in [-0.2, 0) is 0 Å². The number of benzene rings is 5. The number of hydrogen-bond donors (Lipinski definition) is 2. The van der Waals surface area contributed by atoms with Crippen LogP contribution >= 0.6 is 0 Å². The highest BCUT2D eigenvalue weighted by atomic mass is 16.5. The van der Waals surface area contributed by atoms with Crippen LogP contribution in [0.2, 0.25) is 0 Å². The van der Waals surface area contributed by atoms with Gasteiger partial charge < -0.3 is 29.4 Å². The summed E-state index contributed by atoms with van der Waals surface area (Å²) in [6.07, 6.45) is 15.0. The number of ether oxygens (including phenoxy) is 4. The molecule has 5 aromatic carbocycles. The van der Waals surface area contributed by atoms with Crippen LogP contribution in [0.3, 0.4) is 0 Å². The number of aromatic hydroxyl groups is 1. The van der Waals surface area contributed by atoms with Crippen molar-refractivity contribution in [3.63, 3.8) is 0 Å². The lowest BCUT2D eigenvalue weighted by Gasteiger charge is -2.18. The number of hydrogen-bond acceptors (Lipinski definition) is 8. The van der Waals surface area contributed by atoms with Gasteiger partial charge in [-0.05, 0) is 110 Å². The third-order valence-corrected chi connectivity index (χ3v) is 13.5. The molecule has 0 spiro atoms. The number of allylic oxidation sites excluding steroid dienone is 1. The van der Waals surface area contributed by atoms with E-state index in [0.29, 0.717) is 77.1 Å². The van der Waals surface area contributed by atoms with Gasteiger partial charge in [-0.25, -0.2) is 9.98 Å². The van der Waals surface area contributed by atoms with E-state index in [1.54, 1.807) is 13.2 Å². The molecule has 5 aromatic rings. The Labute approximate surface area is 443 Å². The smallest absolute Gasteiger partial charge is 0.163 e. The van der Waals surface area contributed by atoms with Gasteiger partial charge in [-0.3, -0.25) is 0 Å². The van der Waals surface area contributed by atoms with E-state index >= 15 is 0 Å². The second-order valence-electron chi connectivity index (χ2n) is 19.1. The minimum absolute atomic E-state index is 0.0325. The molecule has 74 heavy (non-hydrogen) atoms. The summed E-state index contributed by atoms with van der Waals surface area (Å²) in [5, 5.41) is 25.1. The first kappa shape index (κ1) is 57.8. The zero-order chi connectivity index (χ0) is 52.9. The summed E-state index contributed by atoms with van der Waals surface area (Å²) in [7, 11) is 1.65. The van der Waals surface area contributed by atoms with E-state index in [9.17, 15) is 10.4 Å². The molecule has 0 aromatic heterocycles. The van der Waals surface area contributed by atoms with Crippen LogP contribution in [0.25, 0.3) is 11.3 Å². The highest BCUT2D eigenvalue weighted by molar-refractivity contribution is 6.13. The fourth-order valence-corrected chi connectivity index (χ4v) is 8.74. The molecule has 2 atom stereocenters. The minimum Gasteiger partial charge on any atom is -0.507 e. The molecule has 0 aliphatic heterocycles. The number of methoxy groups -OCH3 is 1. The third-order valence-electron chi connectivity index (χ3n) is 13.5. The SMILES string of the molecule is C=C(NCCCCCCCCOc1cc(OCC(CC)CCCC)ccc1C(N=C(C)c1ccc(OC)cc1)=NC(=C)c1ccc(OCC(CC)CCCC)cc1O)C(C#N)=C(c1ccccc1)c1ccccc1. The van der Waals surface area contributed by atoms with Crippen molar-refractivity contribution >= 4 is 22.8 Å². The summed E-state index contributed by atoms with van der Waals surface area (Å²) < 4.78 is 24.7. The normalized spacial score (nSPS) is 12.3. The molecule has 9 nitrogen and oxygen atoms in total. The lowest BCUT2D eigenvalue weighted by atomic mass is 9.92. The van der Waals surface area contributed by atoms with Gasteiger partial charge in [0, 0.05) is 41.2 Å². The Morgan fingerprint density at radius 2 is 1.16 bits per heavy atom. The molecule has 0 saturated carbocycles.